The van der Waals surface area contributed by atoms with Crippen LogP contribution in [-0.4, -0.2) is 66.2 Å². The van der Waals surface area contributed by atoms with Crippen LogP contribution in [-0.2, 0) is 4.79 Å². The molecule has 3 aliphatic rings. The van der Waals surface area contributed by atoms with E-state index in [4.69, 9.17) is 10.8 Å². The van der Waals surface area contributed by atoms with Gasteiger partial charge in [0.15, 0.2) is 0 Å². The van der Waals surface area contributed by atoms with E-state index in [1.54, 1.807) is 0 Å². The van der Waals surface area contributed by atoms with Crippen LogP contribution in [0.3, 0.4) is 0 Å². The monoisotopic (exact) mass is 281 g/mol. The highest BCUT2D eigenvalue weighted by molar-refractivity contribution is 5.80. The summed E-state index contributed by atoms with van der Waals surface area (Å²) in [6, 6.07) is 0.0954. The fourth-order valence-electron chi connectivity index (χ4n) is 4.47. The minimum Gasteiger partial charge on any atom is -0.395 e. The predicted molar refractivity (Wildman–Crippen MR) is 77.0 cm³/mol. The van der Waals surface area contributed by atoms with Crippen LogP contribution in [0.2, 0.25) is 0 Å². The minimum atomic E-state index is 0.0816. The molecule has 2 saturated carbocycles. The molecule has 0 aromatic rings. The summed E-state index contributed by atoms with van der Waals surface area (Å²) in [6.45, 7) is 4.41. The van der Waals surface area contributed by atoms with Crippen molar-refractivity contribution in [2.24, 2.45) is 23.5 Å². The number of nitrogens with two attached hydrogens (primary N) is 1. The molecule has 4 unspecified atom stereocenters. The van der Waals surface area contributed by atoms with Gasteiger partial charge in [0.1, 0.15) is 0 Å². The number of rotatable bonds is 3. The van der Waals surface area contributed by atoms with Crippen LogP contribution in [0.15, 0.2) is 0 Å². The van der Waals surface area contributed by atoms with E-state index in [1.807, 2.05) is 4.90 Å². The molecule has 1 amide bonds. The average Bonchev–Trinajstić information content (AvgIpc) is 2.94. The third-order valence-electron chi connectivity index (χ3n) is 5.58. The van der Waals surface area contributed by atoms with Gasteiger partial charge in [0.2, 0.25) is 5.91 Å². The summed E-state index contributed by atoms with van der Waals surface area (Å²) in [5, 5.41) is 9.03. The third-order valence-corrected chi connectivity index (χ3v) is 5.58. The van der Waals surface area contributed by atoms with Crippen molar-refractivity contribution in [1.29, 1.82) is 0 Å². The maximum Gasteiger partial charge on any atom is 0.227 e. The average molecular weight is 281 g/mol. The molecule has 0 aromatic heterocycles. The third kappa shape index (κ3) is 2.59. The first-order valence-corrected chi connectivity index (χ1v) is 8.08. The second-order valence-electron chi connectivity index (χ2n) is 6.68. The highest BCUT2D eigenvalue weighted by atomic mass is 16.3. The number of aliphatic hydroxyl groups is 1. The van der Waals surface area contributed by atoms with Gasteiger partial charge in [0, 0.05) is 32.2 Å². The van der Waals surface area contributed by atoms with Crippen LogP contribution < -0.4 is 5.73 Å². The molecule has 0 spiro atoms. The number of aliphatic hydroxyl groups excluding tert-OH is 1. The zero-order chi connectivity index (χ0) is 14.1. The molecular formula is C15H27N3O2. The van der Waals surface area contributed by atoms with Gasteiger partial charge in [0.25, 0.3) is 0 Å². The van der Waals surface area contributed by atoms with E-state index in [0.717, 1.165) is 39.1 Å². The number of fused-ring (bicyclic) bond motifs is 2. The molecule has 20 heavy (non-hydrogen) atoms. The van der Waals surface area contributed by atoms with E-state index >= 15 is 0 Å². The molecule has 1 saturated heterocycles. The Morgan fingerprint density at radius 1 is 1.15 bits per heavy atom. The maximum absolute atomic E-state index is 12.8. The van der Waals surface area contributed by atoms with Gasteiger partial charge < -0.3 is 15.7 Å². The van der Waals surface area contributed by atoms with Gasteiger partial charge in [-0.3, -0.25) is 9.69 Å². The zero-order valence-corrected chi connectivity index (χ0v) is 12.2. The Balaban J connectivity index is 1.60. The Morgan fingerprint density at radius 2 is 1.95 bits per heavy atom. The summed E-state index contributed by atoms with van der Waals surface area (Å²) in [7, 11) is 0. The topological polar surface area (TPSA) is 69.8 Å². The minimum absolute atomic E-state index is 0.0816. The first kappa shape index (κ1) is 14.3. The molecule has 0 radical (unpaired) electrons. The van der Waals surface area contributed by atoms with Crippen molar-refractivity contribution in [3.05, 3.63) is 0 Å². The van der Waals surface area contributed by atoms with Crippen molar-refractivity contribution in [1.82, 2.24) is 9.80 Å². The molecule has 1 aliphatic heterocycles. The van der Waals surface area contributed by atoms with Gasteiger partial charge >= 0.3 is 0 Å². The number of hydrogen-bond donors (Lipinski definition) is 2. The van der Waals surface area contributed by atoms with Crippen LogP contribution in [0.25, 0.3) is 0 Å². The summed E-state index contributed by atoms with van der Waals surface area (Å²) in [4.78, 5) is 17.1. The van der Waals surface area contributed by atoms with Crippen LogP contribution in [0.1, 0.15) is 25.7 Å². The van der Waals surface area contributed by atoms with Crippen molar-refractivity contribution in [3.63, 3.8) is 0 Å². The Bertz CT molecular complexity index is 361. The molecule has 3 rings (SSSR count). The fraction of sp³-hybridized carbons (Fsp3) is 0.933. The summed E-state index contributed by atoms with van der Waals surface area (Å²) in [5.41, 5.74) is 6.29. The molecule has 4 atom stereocenters. The summed E-state index contributed by atoms with van der Waals surface area (Å²) < 4.78 is 0. The van der Waals surface area contributed by atoms with Crippen LogP contribution in [0, 0.1) is 17.8 Å². The molecule has 114 valence electrons. The van der Waals surface area contributed by atoms with Crippen LogP contribution in [0.5, 0.6) is 0 Å². The Morgan fingerprint density at radius 3 is 2.65 bits per heavy atom. The number of hydrogen-bond acceptors (Lipinski definition) is 4. The molecule has 5 nitrogen and oxygen atoms in total. The first-order chi connectivity index (χ1) is 9.70. The van der Waals surface area contributed by atoms with Gasteiger partial charge in [-0.15, -0.1) is 0 Å². The highest BCUT2D eigenvalue weighted by Crippen LogP contribution is 2.48. The predicted octanol–water partition coefficient (Wildman–Crippen LogP) is -0.114. The van der Waals surface area contributed by atoms with Gasteiger partial charge in [-0.05, 0) is 44.1 Å². The second kappa shape index (κ2) is 6.00. The Kier molecular flexibility index (Phi) is 4.29. The highest BCUT2D eigenvalue weighted by Gasteiger charge is 2.50. The summed E-state index contributed by atoms with van der Waals surface area (Å²) in [6.07, 6.45) is 4.59. The van der Waals surface area contributed by atoms with E-state index in [2.05, 4.69) is 4.90 Å². The lowest BCUT2D eigenvalue weighted by molar-refractivity contribution is -0.137. The fourth-order valence-corrected chi connectivity index (χ4v) is 4.47. The quantitative estimate of drug-likeness (QED) is 0.757. The second-order valence-corrected chi connectivity index (χ2v) is 6.68. The van der Waals surface area contributed by atoms with Crippen molar-refractivity contribution < 1.29 is 9.90 Å². The number of carbonyl (C=O) groups excluding carboxylic acids is 1. The van der Waals surface area contributed by atoms with E-state index in [1.165, 1.54) is 19.3 Å². The number of carbonyl (C=O) groups is 1. The van der Waals surface area contributed by atoms with Crippen molar-refractivity contribution in [2.75, 3.05) is 39.3 Å². The SMILES string of the molecule is NC1C2CCC(C2)C1C(=O)N1CCCN(CCO)CC1. The zero-order valence-electron chi connectivity index (χ0n) is 12.2. The van der Waals surface area contributed by atoms with Crippen LogP contribution >= 0.6 is 0 Å². The Hall–Kier alpha value is -0.650. The van der Waals surface area contributed by atoms with Crippen molar-refractivity contribution in [2.45, 2.75) is 31.7 Å². The molecule has 0 aromatic carbocycles. The Labute approximate surface area is 121 Å². The van der Waals surface area contributed by atoms with Crippen molar-refractivity contribution in [3.8, 4) is 0 Å². The molecule has 3 fully saturated rings. The van der Waals surface area contributed by atoms with E-state index in [-0.39, 0.29) is 18.6 Å². The standard InChI is InChI=1S/C15H27N3O2/c16-14-12-3-2-11(10-12)13(14)15(20)18-5-1-4-17(6-7-18)8-9-19/h11-14,19H,1-10,16H2. The summed E-state index contributed by atoms with van der Waals surface area (Å²) in [5.74, 6) is 1.51. The van der Waals surface area contributed by atoms with Gasteiger partial charge in [-0.1, -0.05) is 0 Å². The van der Waals surface area contributed by atoms with Gasteiger partial charge in [-0.25, -0.2) is 0 Å². The number of nitrogens with zero attached hydrogens (tertiary/aromatic N) is 2. The first-order valence-electron chi connectivity index (χ1n) is 8.08. The van der Waals surface area contributed by atoms with E-state index in [0.29, 0.717) is 17.7 Å². The number of β-amino-alcohol motifs (C(OH)–C–C–N with tert-alkyl or cyclic N) is 1. The lowest BCUT2D eigenvalue weighted by Crippen LogP contribution is -2.48. The maximum atomic E-state index is 12.8. The van der Waals surface area contributed by atoms with Crippen molar-refractivity contribution >= 4 is 5.91 Å². The van der Waals surface area contributed by atoms with Crippen LogP contribution in [0.4, 0.5) is 0 Å². The smallest absolute Gasteiger partial charge is 0.227 e. The number of amides is 1. The van der Waals surface area contributed by atoms with Gasteiger partial charge in [0.05, 0.1) is 12.5 Å². The van der Waals surface area contributed by atoms with E-state index < -0.39 is 0 Å². The van der Waals surface area contributed by atoms with E-state index in [9.17, 15) is 4.79 Å². The molecule has 3 N–H and O–H groups in total. The molecule has 2 aliphatic carbocycles. The largest absolute Gasteiger partial charge is 0.395 e. The summed E-state index contributed by atoms with van der Waals surface area (Å²) >= 11 is 0. The molecule has 2 bridgehead atoms. The lowest BCUT2D eigenvalue weighted by atomic mass is 9.84. The molecule has 1 heterocycles. The van der Waals surface area contributed by atoms with Gasteiger partial charge in [-0.2, -0.15) is 0 Å². The lowest BCUT2D eigenvalue weighted by Gasteiger charge is -2.32. The normalized spacial score (nSPS) is 38.2. The molecule has 5 heteroatoms. The molecular weight excluding hydrogens is 254 g/mol.